The zero-order valence-corrected chi connectivity index (χ0v) is 22.0. The van der Waals surface area contributed by atoms with Gasteiger partial charge in [0.25, 0.3) is 0 Å². The van der Waals surface area contributed by atoms with E-state index < -0.39 is 18.0 Å². The van der Waals surface area contributed by atoms with Crippen LogP contribution >= 0.6 is 11.8 Å². The molecule has 4 rings (SSSR count). The van der Waals surface area contributed by atoms with Crippen LogP contribution in [0, 0.1) is 11.8 Å². The molecule has 37 heavy (non-hydrogen) atoms. The lowest BCUT2D eigenvalue weighted by atomic mass is 9.79. The van der Waals surface area contributed by atoms with Gasteiger partial charge < -0.3 is 36.8 Å². The van der Waals surface area contributed by atoms with Crippen LogP contribution < -0.4 is 16.8 Å². The first-order chi connectivity index (χ1) is 17.4. The number of carboxylic acid groups (broad SMARTS) is 1. The number of carboxylic acids is 1. The van der Waals surface area contributed by atoms with Gasteiger partial charge in [0.2, 0.25) is 17.7 Å². The smallest absolute Gasteiger partial charge is 0.353 e. The van der Waals surface area contributed by atoms with E-state index in [1.54, 1.807) is 11.8 Å². The van der Waals surface area contributed by atoms with Gasteiger partial charge in [-0.25, -0.2) is 9.79 Å². The molecule has 204 valence electrons. The van der Waals surface area contributed by atoms with Crippen molar-refractivity contribution in [3.05, 3.63) is 10.6 Å². The first kappa shape index (κ1) is 27.2. The number of aliphatic hydroxyl groups excluding tert-OH is 1. The molecule has 14 heteroatoms. The Hall–Kier alpha value is -2.84. The summed E-state index contributed by atoms with van der Waals surface area (Å²) in [6.45, 7) is 4.81. The summed E-state index contributed by atoms with van der Waals surface area (Å²) < 4.78 is 0. The van der Waals surface area contributed by atoms with Crippen molar-refractivity contribution in [2.45, 2.75) is 56.2 Å². The van der Waals surface area contributed by atoms with Crippen molar-refractivity contribution in [3.8, 4) is 0 Å². The number of β-lactam (4-membered cyclic amide) rings is 1. The number of likely N-dealkylation sites (tertiary alicyclic amines) is 2. The minimum absolute atomic E-state index is 0.000632. The minimum atomic E-state index is -1.15. The molecule has 0 aromatic carbocycles. The number of nitrogens with two attached hydrogens (primary N) is 2. The van der Waals surface area contributed by atoms with Crippen LogP contribution in [0.2, 0.25) is 0 Å². The molecule has 0 radical (unpaired) electrons. The standard InChI is InChI=1S/C23H35N7O6S/c1-10-17-16(11(2)31)21(34)30(17)18(22(35)36)19(10)37-13-6-14(28(3)9-13)20(33)29-5-4-12(8-29)27-15(32)7-26-23(24)25/h10-14,16-17,31H,4-9H2,1-3H3,(H,27,32)(H,35,36)(H4,24,25,26)/t10?,11?,12?,13?,14?,16?,17-/m1/s1. The summed E-state index contributed by atoms with van der Waals surface area (Å²) in [5.41, 5.74) is 10.5. The van der Waals surface area contributed by atoms with Crippen LogP contribution in [0.3, 0.4) is 0 Å². The molecule has 13 nitrogen and oxygen atoms in total. The average Bonchev–Trinajstić information content (AvgIpc) is 3.48. The zero-order valence-electron chi connectivity index (χ0n) is 21.2. The van der Waals surface area contributed by atoms with E-state index in [9.17, 15) is 29.4 Å². The maximum absolute atomic E-state index is 13.3. The highest BCUT2D eigenvalue weighted by atomic mass is 32.2. The number of hydrogen-bond acceptors (Lipinski definition) is 8. The topological polar surface area (TPSA) is 195 Å². The Labute approximate surface area is 219 Å². The quantitative estimate of drug-likeness (QED) is 0.130. The summed E-state index contributed by atoms with van der Waals surface area (Å²) in [6.07, 6.45) is 0.325. The van der Waals surface area contributed by atoms with Crippen molar-refractivity contribution < 1.29 is 29.4 Å². The largest absolute Gasteiger partial charge is 0.477 e. The number of fused-ring (bicyclic) bond motifs is 1. The zero-order chi connectivity index (χ0) is 27.2. The monoisotopic (exact) mass is 537 g/mol. The molecule has 4 heterocycles. The van der Waals surface area contributed by atoms with Gasteiger partial charge >= 0.3 is 5.97 Å². The Morgan fingerprint density at radius 2 is 1.97 bits per heavy atom. The van der Waals surface area contributed by atoms with E-state index in [-0.39, 0.29) is 65.2 Å². The van der Waals surface area contributed by atoms with Crippen molar-refractivity contribution in [1.29, 1.82) is 0 Å². The lowest BCUT2D eigenvalue weighted by molar-refractivity contribution is -0.163. The van der Waals surface area contributed by atoms with Gasteiger partial charge in [0, 0.05) is 41.7 Å². The van der Waals surface area contributed by atoms with Gasteiger partial charge in [0.05, 0.1) is 24.1 Å². The van der Waals surface area contributed by atoms with Crippen LogP contribution in [0.25, 0.3) is 0 Å². The van der Waals surface area contributed by atoms with Gasteiger partial charge in [0.1, 0.15) is 12.2 Å². The summed E-state index contributed by atoms with van der Waals surface area (Å²) in [5.74, 6) is -2.82. The number of nitrogens with one attached hydrogen (secondary N) is 1. The fourth-order valence-corrected chi connectivity index (χ4v) is 7.51. The Balaban J connectivity index is 1.37. The lowest BCUT2D eigenvalue weighted by Crippen LogP contribution is -2.63. The van der Waals surface area contributed by atoms with Crippen LogP contribution in [-0.2, 0) is 19.2 Å². The number of nitrogens with zero attached hydrogens (tertiary/aromatic N) is 4. The number of guanidine groups is 1. The molecule has 0 bridgehead atoms. The number of aliphatic hydroxyl groups is 1. The highest BCUT2D eigenvalue weighted by Crippen LogP contribution is 2.52. The Kier molecular flexibility index (Phi) is 7.72. The number of thioether (sulfide) groups is 1. The summed E-state index contributed by atoms with van der Waals surface area (Å²) in [4.78, 5) is 59.4. The molecule has 3 amide bonds. The molecular weight excluding hydrogens is 502 g/mol. The van der Waals surface area contributed by atoms with Crippen molar-refractivity contribution in [2.75, 3.05) is 33.2 Å². The number of aliphatic carboxylic acids is 1. The second-order valence-electron chi connectivity index (χ2n) is 10.3. The lowest BCUT2D eigenvalue weighted by Gasteiger charge is -2.46. The summed E-state index contributed by atoms with van der Waals surface area (Å²) in [6, 6.07) is -0.890. The van der Waals surface area contributed by atoms with Crippen molar-refractivity contribution in [1.82, 2.24) is 20.0 Å². The Morgan fingerprint density at radius 1 is 1.27 bits per heavy atom. The van der Waals surface area contributed by atoms with E-state index in [4.69, 9.17) is 11.5 Å². The second kappa shape index (κ2) is 10.5. The predicted octanol–water partition coefficient (Wildman–Crippen LogP) is -2.06. The van der Waals surface area contributed by atoms with Crippen molar-refractivity contribution in [3.63, 3.8) is 0 Å². The van der Waals surface area contributed by atoms with Gasteiger partial charge in [-0.1, -0.05) is 6.92 Å². The Morgan fingerprint density at radius 3 is 2.59 bits per heavy atom. The predicted molar refractivity (Wildman–Crippen MR) is 136 cm³/mol. The number of carbonyl (C=O) groups excluding carboxylic acids is 3. The third-order valence-corrected chi connectivity index (χ3v) is 9.16. The normalized spacial score (nSPS) is 32.3. The van der Waals surface area contributed by atoms with Gasteiger partial charge in [-0.05, 0) is 26.8 Å². The summed E-state index contributed by atoms with van der Waals surface area (Å²) in [5, 5.41) is 22.7. The van der Waals surface area contributed by atoms with Gasteiger partial charge in [-0.3, -0.25) is 19.3 Å². The van der Waals surface area contributed by atoms with Crippen LogP contribution in [0.15, 0.2) is 15.6 Å². The highest BCUT2D eigenvalue weighted by Gasteiger charge is 2.60. The first-order valence-corrected chi connectivity index (χ1v) is 13.3. The fourth-order valence-electron chi connectivity index (χ4n) is 5.91. The fraction of sp³-hybridized carbons (Fsp3) is 0.696. The van der Waals surface area contributed by atoms with E-state index in [1.807, 2.05) is 18.9 Å². The summed E-state index contributed by atoms with van der Waals surface area (Å²) in [7, 11) is 1.87. The molecule has 3 saturated heterocycles. The number of hydrogen-bond donors (Lipinski definition) is 5. The molecule has 3 fully saturated rings. The molecule has 7 atom stereocenters. The maximum Gasteiger partial charge on any atom is 0.353 e. The second-order valence-corrected chi connectivity index (χ2v) is 11.6. The highest BCUT2D eigenvalue weighted by molar-refractivity contribution is 8.03. The van der Waals surface area contributed by atoms with Gasteiger partial charge in [-0.2, -0.15) is 0 Å². The van der Waals surface area contributed by atoms with E-state index in [1.165, 1.54) is 16.7 Å². The van der Waals surface area contributed by atoms with Crippen molar-refractivity contribution >= 4 is 41.4 Å². The third kappa shape index (κ3) is 5.14. The van der Waals surface area contributed by atoms with E-state index >= 15 is 0 Å². The molecule has 0 saturated carbocycles. The van der Waals surface area contributed by atoms with Crippen LogP contribution in [0.5, 0.6) is 0 Å². The Bertz CT molecular complexity index is 1040. The van der Waals surface area contributed by atoms with Crippen molar-refractivity contribution in [2.24, 2.45) is 28.3 Å². The average molecular weight is 538 g/mol. The molecule has 4 aliphatic heterocycles. The number of rotatable bonds is 8. The maximum atomic E-state index is 13.3. The molecule has 0 spiro atoms. The number of amides is 3. The first-order valence-electron chi connectivity index (χ1n) is 12.4. The van der Waals surface area contributed by atoms with E-state index in [0.29, 0.717) is 37.4 Å². The summed E-state index contributed by atoms with van der Waals surface area (Å²) >= 11 is 1.43. The van der Waals surface area contributed by atoms with E-state index in [0.717, 1.165) is 0 Å². The SMILES string of the molecule is CC(O)C1C(=O)N2C(C(=O)O)=C(SC3CC(C(=O)N4CCC(NC(=O)CN=C(N)N)C4)N(C)C3)C(C)[C@H]12. The van der Waals surface area contributed by atoms with Gasteiger partial charge in [-0.15, -0.1) is 11.8 Å². The number of aliphatic imine (C=N–C) groups is 1. The van der Waals surface area contributed by atoms with Crippen LogP contribution in [0.1, 0.15) is 26.7 Å². The molecular formula is C23H35N7O6S. The number of carbonyl (C=O) groups is 4. The van der Waals surface area contributed by atoms with Crippen LogP contribution in [-0.4, -0.2) is 117 Å². The van der Waals surface area contributed by atoms with Gasteiger partial charge in [0.15, 0.2) is 5.96 Å². The van der Waals surface area contributed by atoms with Crippen LogP contribution in [0.4, 0.5) is 0 Å². The number of likely N-dealkylation sites (N-methyl/N-ethyl adjacent to an activating group) is 1. The minimum Gasteiger partial charge on any atom is -0.477 e. The molecule has 7 N–H and O–H groups in total. The molecule has 4 aliphatic rings. The molecule has 0 aromatic rings. The third-order valence-electron chi connectivity index (χ3n) is 7.67. The molecule has 0 aromatic heterocycles. The van der Waals surface area contributed by atoms with E-state index in [2.05, 4.69) is 10.3 Å². The molecule has 6 unspecified atom stereocenters. The molecule has 0 aliphatic carbocycles.